The van der Waals surface area contributed by atoms with E-state index in [1.54, 1.807) is 24.3 Å². The van der Waals surface area contributed by atoms with E-state index in [-0.39, 0.29) is 17.1 Å². The van der Waals surface area contributed by atoms with Gasteiger partial charge in [-0.25, -0.2) is 9.37 Å². The summed E-state index contributed by atoms with van der Waals surface area (Å²) in [5, 5.41) is 17.7. The Bertz CT molecular complexity index is 1340. The number of hydrogen-bond acceptors (Lipinski definition) is 4. The molecule has 1 aliphatic heterocycles. The van der Waals surface area contributed by atoms with Crippen LogP contribution < -0.4 is 0 Å². The average molecular weight is 446 g/mol. The average Bonchev–Trinajstić information content (AvgIpc) is 3.57. The SMILES string of the molecule is CCCCN1CC=C(c2cnc(-c3[nH]nc4c(F)c(-c5ccc(O)cc5CC)ccc34)[nH]2)C1. The van der Waals surface area contributed by atoms with Crippen molar-refractivity contribution >= 4 is 16.5 Å². The van der Waals surface area contributed by atoms with E-state index >= 15 is 4.39 Å². The number of unbranched alkanes of at least 4 members (excludes halogenated alkanes) is 1. The summed E-state index contributed by atoms with van der Waals surface area (Å²) in [6, 6.07) is 8.67. The van der Waals surface area contributed by atoms with Gasteiger partial charge in [0.2, 0.25) is 0 Å². The number of benzene rings is 2. The third kappa shape index (κ3) is 3.93. The van der Waals surface area contributed by atoms with Gasteiger partial charge in [-0.3, -0.25) is 10.00 Å². The van der Waals surface area contributed by atoms with Gasteiger partial charge in [0.15, 0.2) is 11.6 Å². The molecule has 0 radical (unpaired) electrons. The first-order valence-electron chi connectivity index (χ1n) is 11.5. The Labute approximate surface area is 192 Å². The fraction of sp³-hybridized carbons (Fsp3) is 0.308. The number of phenolic OH excluding ortho intramolecular Hbond substituents is 1. The molecular formula is C26H28FN5O. The van der Waals surface area contributed by atoms with Crippen molar-refractivity contribution in [1.29, 1.82) is 0 Å². The van der Waals surface area contributed by atoms with Crippen LogP contribution in [0.25, 0.3) is 39.1 Å². The zero-order valence-electron chi connectivity index (χ0n) is 19.0. The Morgan fingerprint density at radius 3 is 2.82 bits per heavy atom. The van der Waals surface area contributed by atoms with Crippen LogP contribution in [0.15, 0.2) is 42.6 Å². The van der Waals surface area contributed by atoms with Gasteiger partial charge in [0.25, 0.3) is 0 Å². The van der Waals surface area contributed by atoms with Crippen LogP contribution in [-0.2, 0) is 6.42 Å². The Kier molecular flexibility index (Phi) is 5.72. The number of aromatic amines is 2. The molecule has 3 heterocycles. The van der Waals surface area contributed by atoms with Crippen molar-refractivity contribution in [2.75, 3.05) is 19.6 Å². The summed E-state index contributed by atoms with van der Waals surface area (Å²) in [7, 11) is 0. The monoisotopic (exact) mass is 445 g/mol. The van der Waals surface area contributed by atoms with Crippen LogP contribution in [0.4, 0.5) is 4.39 Å². The van der Waals surface area contributed by atoms with Crippen molar-refractivity contribution in [2.45, 2.75) is 33.1 Å². The van der Waals surface area contributed by atoms with E-state index in [1.807, 2.05) is 19.2 Å². The van der Waals surface area contributed by atoms with Crippen molar-refractivity contribution < 1.29 is 9.50 Å². The smallest absolute Gasteiger partial charge is 0.159 e. The molecular weight excluding hydrogens is 417 g/mol. The summed E-state index contributed by atoms with van der Waals surface area (Å²) < 4.78 is 15.5. The molecule has 4 aromatic rings. The van der Waals surface area contributed by atoms with Crippen molar-refractivity contribution in [3.63, 3.8) is 0 Å². The number of aryl methyl sites for hydroxylation is 1. The predicted octanol–water partition coefficient (Wildman–Crippen LogP) is 5.53. The van der Waals surface area contributed by atoms with Crippen molar-refractivity contribution in [1.82, 2.24) is 25.1 Å². The molecule has 170 valence electrons. The highest BCUT2D eigenvalue weighted by molar-refractivity contribution is 5.95. The second kappa shape index (κ2) is 8.83. The number of aromatic hydroxyl groups is 1. The molecule has 33 heavy (non-hydrogen) atoms. The summed E-state index contributed by atoms with van der Waals surface area (Å²) in [4.78, 5) is 10.4. The standard InChI is InChI=1S/C26H28FN5O/c1-3-5-11-32-12-10-17(15-32)22-14-28-26(29-22)25-21-9-8-20(23(27)24(21)30-31-25)19-7-6-18(33)13-16(19)4-2/h6-10,13-14,33H,3-5,11-12,15H2,1-2H3,(H,28,29)(H,30,31). The number of aromatic nitrogens is 4. The quantitative estimate of drug-likeness (QED) is 0.350. The molecule has 5 rings (SSSR count). The lowest BCUT2D eigenvalue weighted by atomic mass is 9.96. The van der Waals surface area contributed by atoms with Gasteiger partial charge in [0.05, 0.1) is 11.9 Å². The summed E-state index contributed by atoms with van der Waals surface area (Å²) in [5.41, 5.74) is 5.30. The molecule has 0 fully saturated rings. The van der Waals surface area contributed by atoms with Crippen LogP contribution in [0.5, 0.6) is 5.75 Å². The Morgan fingerprint density at radius 1 is 1.15 bits per heavy atom. The van der Waals surface area contributed by atoms with Gasteiger partial charge >= 0.3 is 0 Å². The number of H-pyrrole nitrogens is 2. The highest BCUT2D eigenvalue weighted by Gasteiger charge is 2.21. The van der Waals surface area contributed by atoms with Gasteiger partial charge in [-0.1, -0.05) is 38.5 Å². The zero-order valence-corrected chi connectivity index (χ0v) is 19.0. The molecule has 0 saturated heterocycles. The van der Waals surface area contributed by atoms with Gasteiger partial charge in [0.1, 0.15) is 17.0 Å². The minimum atomic E-state index is -0.382. The van der Waals surface area contributed by atoms with Crippen LogP contribution in [0, 0.1) is 5.82 Å². The Balaban J connectivity index is 1.45. The number of rotatable bonds is 7. The minimum absolute atomic E-state index is 0.179. The molecule has 0 unspecified atom stereocenters. The number of imidazole rings is 1. The van der Waals surface area contributed by atoms with E-state index in [1.165, 1.54) is 18.4 Å². The van der Waals surface area contributed by atoms with E-state index < -0.39 is 0 Å². The van der Waals surface area contributed by atoms with E-state index in [0.29, 0.717) is 28.9 Å². The second-order valence-electron chi connectivity index (χ2n) is 8.58. The number of hydrogen-bond donors (Lipinski definition) is 3. The lowest BCUT2D eigenvalue weighted by Crippen LogP contribution is -2.21. The third-order valence-corrected chi connectivity index (χ3v) is 6.40. The Hall–Kier alpha value is -3.45. The molecule has 0 saturated carbocycles. The molecule has 2 aromatic carbocycles. The third-order valence-electron chi connectivity index (χ3n) is 6.40. The van der Waals surface area contributed by atoms with Crippen molar-refractivity contribution in [3.05, 3.63) is 59.7 Å². The van der Waals surface area contributed by atoms with Crippen LogP contribution in [0.1, 0.15) is 37.9 Å². The van der Waals surface area contributed by atoms with E-state index in [4.69, 9.17) is 0 Å². The Morgan fingerprint density at radius 2 is 2.00 bits per heavy atom. The number of nitrogens with one attached hydrogen (secondary N) is 2. The molecule has 7 heteroatoms. The molecule has 0 amide bonds. The predicted molar refractivity (Wildman–Crippen MR) is 129 cm³/mol. The lowest BCUT2D eigenvalue weighted by molar-refractivity contribution is 0.348. The summed E-state index contributed by atoms with van der Waals surface area (Å²) in [5.74, 6) is 0.442. The fourth-order valence-electron chi connectivity index (χ4n) is 4.54. The fourth-order valence-corrected chi connectivity index (χ4v) is 4.54. The zero-order chi connectivity index (χ0) is 22.9. The highest BCUT2D eigenvalue weighted by Crippen LogP contribution is 2.35. The maximum atomic E-state index is 15.5. The summed E-state index contributed by atoms with van der Waals surface area (Å²) in [6.07, 6.45) is 7.16. The molecule has 0 aliphatic carbocycles. The van der Waals surface area contributed by atoms with Gasteiger partial charge in [0, 0.05) is 24.0 Å². The first-order valence-corrected chi connectivity index (χ1v) is 11.5. The van der Waals surface area contributed by atoms with Gasteiger partial charge in [-0.15, -0.1) is 0 Å². The summed E-state index contributed by atoms with van der Waals surface area (Å²) >= 11 is 0. The number of nitrogens with zero attached hydrogens (tertiary/aromatic N) is 3. The molecule has 2 aromatic heterocycles. The first kappa shape index (κ1) is 21.4. The van der Waals surface area contributed by atoms with Crippen molar-refractivity contribution in [2.24, 2.45) is 0 Å². The minimum Gasteiger partial charge on any atom is -0.508 e. The van der Waals surface area contributed by atoms with Crippen LogP contribution >= 0.6 is 0 Å². The molecule has 0 bridgehead atoms. The lowest BCUT2D eigenvalue weighted by Gasteiger charge is -2.14. The molecule has 0 atom stereocenters. The number of fused-ring (bicyclic) bond motifs is 1. The van der Waals surface area contributed by atoms with Gasteiger partial charge in [-0.2, -0.15) is 5.10 Å². The van der Waals surface area contributed by atoms with E-state index in [9.17, 15) is 5.11 Å². The largest absolute Gasteiger partial charge is 0.508 e. The highest BCUT2D eigenvalue weighted by atomic mass is 19.1. The number of phenols is 1. The molecule has 1 aliphatic rings. The van der Waals surface area contributed by atoms with E-state index in [0.717, 1.165) is 36.5 Å². The normalized spacial score (nSPS) is 14.3. The maximum absolute atomic E-state index is 15.5. The van der Waals surface area contributed by atoms with Crippen LogP contribution in [0.2, 0.25) is 0 Å². The van der Waals surface area contributed by atoms with Gasteiger partial charge in [-0.05, 0) is 54.3 Å². The van der Waals surface area contributed by atoms with Gasteiger partial charge < -0.3 is 10.1 Å². The maximum Gasteiger partial charge on any atom is 0.159 e. The van der Waals surface area contributed by atoms with Crippen LogP contribution in [-0.4, -0.2) is 49.8 Å². The topological polar surface area (TPSA) is 80.8 Å². The molecule has 0 spiro atoms. The second-order valence-corrected chi connectivity index (χ2v) is 8.58. The van der Waals surface area contributed by atoms with Crippen molar-refractivity contribution in [3.8, 4) is 28.4 Å². The first-order chi connectivity index (χ1) is 16.1. The van der Waals surface area contributed by atoms with Crippen LogP contribution in [0.3, 0.4) is 0 Å². The number of halogens is 1. The summed E-state index contributed by atoms with van der Waals surface area (Å²) in [6.45, 7) is 7.17. The molecule has 3 N–H and O–H groups in total. The van der Waals surface area contributed by atoms with E-state index in [2.05, 4.69) is 38.1 Å². The molecule has 6 nitrogen and oxygen atoms in total.